The molecule has 0 aromatic carbocycles. The molecule has 5 heteroatoms. The second-order valence-corrected chi connectivity index (χ2v) is 6.33. The van der Waals surface area contributed by atoms with Gasteiger partial charge in [0.1, 0.15) is 0 Å². The highest BCUT2D eigenvalue weighted by Gasteiger charge is 2.51. The molecular formula is C15H30BNO3. The maximum absolute atomic E-state index is 5.93. The highest BCUT2D eigenvalue weighted by molar-refractivity contribution is 6.54. The van der Waals surface area contributed by atoms with E-state index < -0.39 is 0 Å². The molecule has 1 fully saturated rings. The summed E-state index contributed by atoms with van der Waals surface area (Å²) in [6, 6.07) is 0. The van der Waals surface area contributed by atoms with Crippen molar-refractivity contribution in [1.82, 2.24) is 4.90 Å². The fraction of sp³-hybridized carbons (Fsp3) is 0.867. The van der Waals surface area contributed by atoms with Crippen LogP contribution in [0, 0.1) is 0 Å². The molecule has 0 unspecified atom stereocenters. The first-order valence-corrected chi connectivity index (χ1v) is 7.57. The van der Waals surface area contributed by atoms with E-state index in [2.05, 4.69) is 25.3 Å². The van der Waals surface area contributed by atoms with Crippen LogP contribution in [-0.4, -0.2) is 56.1 Å². The van der Waals surface area contributed by atoms with Gasteiger partial charge in [-0.15, -0.1) is 6.58 Å². The molecule has 116 valence electrons. The Morgan fingerprint density at radius 1 is 1.10 bits per heavy atom. The van der Waals surface area contributed by atoms with E-state index in [0.29, 0.717) is 13.2 Å². The van der Waals surface area contributed by atoms with Crippen LogP contribution in [-0.2, 0) is 14.0 Å². The van der Waals surface area contributed by atoms with E-state index in [1.54, 1.807) is 0 Å². The molecular weight excluding hydrogens is 253 g/mol. The van der Waals surface area contributed by atoms with E-state index in [1.165, 1.54) is 0 Å². The molecule has 0 radical (unpaired) electrons. The fourth-order valence-electron chi connectivity index (χ4n) is 2.01. The van der Waals surface area contributed by atoms with Gasteiger partial charge in [-0.05, 0) is 46.3 Å². The molecule has 1 rings (SSSR count). The fourth-order valence-corrected chi connectivity index (χ4v) is 2.01. The predicted octanol–water partition coefficient (Wildman–Crippen LogP) is 2.53. The first kappa shape index (κ1) is 17.7. The number of ether oxygens (including phenoxy) is 1. The van der Waals surface area contributed by atoms with Crippen molar-refractivity contribution in [3.63, 3.8) is 0 Å². The molecule has 0 aromatic heterocycles. The maximum Gasteiger partial charge on any atom is 0.492 e. The van der Waals surface area contributed by atoms with Crippen LogP contribution < -0.4 is 0 Å². The molecule has 0 N–H and O–H groups in total. The Morgan fingerprint density at radius 2 is 1.60 bits per heavy atom. The van der Waals surface area contributed by atoms with Crippen molar-refractivity contribution >= 4 is 7.12 Å². The van der Waals surface area contributed by atoms with Gasteiger partial charge in [0.25, 0.3) is 0 Å². The van der Waals surface area contributed by atoms with Gasteiger partial charge in [0.05, 0.1) is 24.4 Å². The van der Waals surface area contributed by atoms with E-state index in [4.69, 9.17) is 14.0 Å². The Bertz CT molecular complexity index is 311. The molecule has 1 heterocycles. The summed E-state index contributed by atoms with van der Waals surface area (Å²) < 4.78 is 17.5. The summed E-state index contributed by atoms with van der Waals surface area (Å²) in [4.78, 5) is 2.33. The zero-order valence-corrected chi connectivity index (χ0v) is 14.0. The molecule has 1 aliphatic heterocycles. The summed E-state index contributed by atoms with van der Waals surface area (Å²) >= 11 is 0. The maximum atomic E-state index is 5.93. The van der Waals surface area contributed by atoms with Crippen molar-refractivity contribution in [1.29, 1.82) is 0 Å². The van der Waals surface area contributed by atoms with Gasteiger partial charge in [0, 0.05) is 6.54 Å². The lowest BCUT2D eigenvalue weighted by Gasteiger charge is -2.32. The van der Waals surface area contributed by atoms with E-state index >= 15 is 0 Å². The number of rotatable bonds is 8. The zero-order valence-electron chi connectivity index (χ0n) is 14.0. The molecule has 4 nitrogen and oxygen atoms in total. The quantitative estimate of drug-likeness (QED) is 0.506. The molecule has 0 atom stereocenters. The first-order chi connectivity index (χ1) is 9.23. The molecule has 0 saturated carbocycles. The van der Waals surface area contributed by atoms with Crippen LogP contribution in [0.2, 0.25) is 0 Å². The molecule has 1 aliphatic rings. The third-order valence-electron chi connectivity index (χ3n) is 4.32. The lowest BCUT2D eigenvalue weighted by atomic mass is 9.80. The van der Waals surface area contributed by atoms with Gasteiger partial charge in [-0.25, -0.2) is 0 Å². The van der Waals surface area contributed by atoms with Gasteiger partial charge in [0.2, 0.25) is 0 Å². The first-order valence-electron chi connectivity index (χ1n) is 7.57. The summed E-state index contributed by atoms with van der Waals surface area (Å²) in [5.41, 5.74) is 0.215. The van der Waals surface area contributed by atoms with Crippen LogP contribution in [0.3, 0.4) is 0 Å². The van der Waals surface area contributed by atoms with Gasteiger partial charge >= 0.3 is 7.12 Å². The van der Waals surface area contributed by atoms with Crippen LogP contribution in [0.15, 0.2) is 12.1 Å². The molecule has 20 heavy (non-hydrogen) atoms. The Balaban J connectivity index is 2.31. The lowest BCUT2D eigenvalue weighted by molar-refractivity contribution is 0.00578. The molecule has 0 amide bonds. The van der Waals surface area contributed by atoms with Gasteiger partial charge in [-0.1, -0.05) is 13.8 Å². The molecule has 0 bridgehead atoms. The summed E-state index contributed by atoms with van der Waals surface area (Å²) in [6.07, 6.45) is 0. The lowest BCUT2D eigenvalue weighted by Crippen LogP contribution is -2.41. The molecule has 0 aliphatic carbocycles. The van der Waals surface area contributed by atoms with Gasteiger partial charge in [-0.3, -0.25) is 0 Å². The Hall–Kier alpha value is -0.355. The zero-order chi connectivity index (χ0) is 15.4. The minimum Gasteiger partial charge on any atom is -0.400 e. The topological polar surface area (TPSA) is 30.9 Å². The average Bonchev–Trinajstić information content (AvgIpc) is 2.58. The second-order valence-electron chi connectivity index (χ2n) is 6.33. The Kier molecular flexibility index (Phi) is 6.26. The van der Waals surface area contributed by atoms with E-state index in [0.717, 1.165) is 25.1 Å². The van der Waals surface area contributed by atoms with Gasteiger partial charge in [-0.2, -0.15) is 0 Å². The van der Waals surface area contributed by atoms with Crippen molar-refractivity contribution in [3.8, 4) is 0 Å². The number of hydrogen-bond acceptors (Lipinski definition) is 4. The van der Waals surface area contributed by atoms with Crippen molar-refractivity contribution < 1.29 is 14.0 Å². The van der Waals surface area contributed by atoms with Crippen molar-refractivity contribution in [3.05, 3.63) is 12.1 Å². The van der Waals surface area contributed by atoms with Crippen molar-refractivity contribution in [2.24, 2.45) is 0 Å². The van der Waals surface area contributed by atoms with Gasteiger partial charge < -0.3 is 18.9 Å². The van der Waals surface area contributed by atoms with Crippen LogP contribution in [0.5, 0.6) is 0 Å². The smallest absolute Gasteiger partial charge is 0.400 e. The summed E-state index contributed by atoms with van der Waals surface area (Å²) in [5, 5.41) is 0. The van der Waals surface area contributed by atoms with E-state index in [1.807, 2.05) is 27.7 Å². The highest BCUT2D eigenvalue weighted by atomic mass is 16.7. The number of hydrogen-bond donors (Lipinski definition) is 0. The summed E-state index contributed by atoms with van der Waals surface area (Å²) in [6.45, 7) is 20.8. The predicted molar refractivity (Wildman–Crippen MR) is 83.8 cm³/mol. The second kappa shape index (κ2) is 7.07. The summed E-state index contributed by atoms with van der Waals surface area (Å²) in [5.74, 6) is 0. The van der Waals surface area contributed by atoms with Gasteiger partial charge in [0.15, 0.2) is 0 Å². The van der Waals surface area contributed by atoms with E-state index in [9.17, 15) is 0 Å². The van der Waals surface area contributed by atoms with Crippen molar-refractivity contribution in [2.75, 3.05) is 32.8 Å². The SMILES string of the molecule is C=C(COCCN(CC)CC)B1OC(C)(C)C(C)(C)O1. The molecule has 0 spiro atoms. The van der Waals surface area contributed by atoms with Crippen molar-refractivity contribution in [2.45, 2.75) is 52.7 Å². The number of nitrogens with zero attached hydrogens (tertiary/aromatic N) is 1. The Labute approximate surface area is 124 Å². The van der Waals surface area contributed by atoms with Crippen LogP contribution in [0.4, 0.5) is 0 Å². The standard InChI is InChI=1S/C15H30BNO3/c1-8-17(9-2)10-11-18-12-13(3)16-19-14(4,5)15(6,7)20-16/h3,8-12H2,1-2,4-7H3. The Morgan fingerprint density at radius 3 is 2.05 bits per heavy atom. The summed E-state index contributed by atoms with van der Waals surface area (Å²) in [7, 11) is -0.367. The minimum absolute atomic E-state index is 0.318. The van der Waals surface area contributed by atoms with E-state index in [-0.39, 0.29) is 18.3 Å². The monoisotopic (exact) mass is 283 g/mol. The molecule has 0 aromatic rings. The number of likely N-dealkylation sites (N-methyl/N-ethyl adjacent to an activating group) is 1. The normalized spacial score (nSPS) is 20.6. The van der Waals surface area contributed by atoms with Crippen LogP contribution >= 0.6 is 0 Å². The minimum atomic E-state index is -0.367. The highest BCUT2D eigenvalue weighted by Crippen LogP contribution is 2.38. The third kappa shape index (κ3) is 4.32. The average molecular weight is 283 g/mol. The third-order valence-corrected chi connectivity index (χ3v) is 4.32. The molecule has 1 saturated heterocycles. The van der Waals surface area contributed by atoms with Crippen LogP contribution in [0.1, 0.15) is 41.5 Å². The van der Waals surface area contributed by atoms with Crippen LogP contribution in [0.25, 0.3) is 0 Å². The largest absolute Gasteiger partial charge is 0.492 e.